The molecule has 0 heterocycles. The predicted molar refractivity (Wildman–Crippen MR) is 200 cm³/mol. The van der Waals surface area contributed by atoms with Gasteiger partial charge in [-0.15, -0.1) is 0 Å². The van der Waals surface area contributed by atoms with Gasteiger partial charge in [-0.3, -0.25) is 0 Å². The normalized spacial score (nSPS) is 12.7. The predicted octanol–water partition coefficient (Wildman–Crippen LogP) is 13.6. The standard InChI is InChI=1S/C43H80O2/c1-36(2)19-12-25-40(26-13-20-37(3)4)29-16-31-43(44,33-18-34-45-35-42-23-10-9-11-24-42)32-17-30-41(27-14-21-38(5)6)28-15-22-39(7)8/h9-11,23-24,36-41,44H,12-22,25-35H2,1-8H3. The van der Waals surface area contributed by atoms with Crippen molar-refractivity contribution >= 4 is 0 Å². The van der Waals surface area contributed by atoms with Crippen LogP contribution in [0.5, 0.6) is 0 Å². The van der Waals surface area contributed by atoms with E-state index >= 15 is 0 Å². The van der Waals surface area contributed by atoms with Crippen LogP contribution in [-0.2, 0) is 11.3 Å². The van der Waals surface area contributed by atoms with Gasteiger partial charge in [0.1, 0.15) is 0 Å². The van der Waals surface area contributed by atoms with E-state index in [0.29, 0.717) is 6.61 Å². The molecule has 0 amide bonds. The van der Waals surface area contributed by atoms with Crippen molar-refractivity contribution in [2.75, 3.05) is 6.61 Å². The van der Waals surface area contributed by atoms with Crippen LogP contribution in [0.2, 0.25) is 0 Å². The van der Waals surface area contributed by atoms with Gasteiger partial charge in [-0.2, -0.15) is 0 Å². The first kappa shape index (κ1) is 42.2. The maximum atomic E-state index is 12.1. The lowest BCUT2D eigenvalue weighted by molar-refractivity contribution is -0.00321. The number of benzene rings is 1. The SMILES string of the molecule is CC(C)CCCC(CCCC(C)C)CCCC(O)(CCCOCc1ccccc1)CCCC(CCCC(C)C)CCCC(C)C. The molecule has 0 aromatic heterocycles. The third-order valence-corrected chi connectivity index (χ3v) is 10.1. The number of aliphatic hydroxyl groups is 1. The Morgan fingerprint density at radius 3 is 1.22 bits per heavy atom. The van der Waals surface area contributed by atoms with Crippen LogP contribution in [-0.4, -0.2) is 17.3 Å². The Bertz CT molecular complexity index is 701. The number of hydrogen-bond donors (Lipinski definition) is 1. The second-order valence-corrected chi connectivity index (χ2v) is 16.7. The molecule has 264 valence electrons. The van der Waals surface area contributed by atoms with Crippen molar-refractivity contribution in [3.8, 4) is 0 Å². The average Bonchev–Trinajstić information content (AvgIpc) is 2.96. The summed E-state index contributed by atoms with van der Waals surface area (Å²) in [6.07, 6.45) is 25.0. The first-order chi connectivity index (χ1) is 21.5. The summed E-state index contributed by atoms with van der Waals surface area (Å²) < 4.78 is 6.04. The topological polar surface area (TPSA) is 29.5 Å². The summed E-state index contributed by atoms with van der Waals surface area (Å²) in [5.74, 6) is 4.86. The third-order valence-electron chi connectivity index (χ3n) is 10.1. The van der Waals surface area contributed by atoms with E-state index in [1.54, 1.807) is 0 Å². The lowest BCUT2D eigenvalue weighted by atomic mass is 9.81. The molecule has 2 nitrogen and oxygen atoms in total. The van der Waals surface area contributed by atoms with Crippen molar-refractivity contribution in [3.63, 3.8) is 0 Å². The third kappa shape index (κ3) is 24.9. The minimum atomic E-state index is -0.545. The Morgan fingerprint density at radius 1 is 0.489 bits per heavy atom. The molecule has 1 aromatic carbocycles. The molecule has 0 radical (unpaired) electrons. The monoisotopic (exact) mass is 629 g/mol. The van der Waals surface area contributed by atoms with Gasteiger partial charge in [0.05, 0.1) is 12.2 Å². The lowest BCUT2D eigenvalue weighted by Gasteiger charge is -2.30. The summed E-state index contributed by atoms with van der Waals surface area (Å²) in [5, 5.41) is 12.1. The van der Waals surface area contributed by atoms with E-state index in [1.807, 2.05) is 0 Å². The molecule has 0 atom stereocenters. The van der Waals surface area contributed by atoms with E-state index in [9.17, 15) is 5.11 Å². The fraction of sp³-hybridized carbons (Fsp3) is 0.860. The van der Waals surface area contributed by atoms with E-state index < -0.39 is 5.60 Å². The molecule has 1 aromatic rings. The molecule has 45 heavy (non-hydrogen) atoms. The molecule has 2 heteroatoms. The average molecular weight is 629 g/mol. The molecule has 0 bridgehead atoms. The van der Waals surface area contributed by atoms with Gasteiger partial charge in [-0.05, 0) is 66.8 Å². The number of rotatable bonds is 30. The smallest absolute Gasteiger partial charge is 0.0716 e. The van der Waals surface area contributed by atoms with Crippen LogP contribution in [0.25, 0.3) is 0 Å². The Hall–Kier alpha value is -0.860. The van der Waals surface area contributed by atoms with E-state index in [-0.39, 0.29) is 0 Å². The summed E-state index contributed by atoms with van der Waals surface area (Å²) >= 11 is 0. The van der Waals surface area contributed by atoms with Gasteiger partial charge in [0.15, 0.2) is 0 Å². The fourth-order valence-corrected chi connectivity index (χ4v) is 7.21. The summed E-state index contributed by atoms with van der Waals surface area (Å²) in [6.45, 7) is 20.3. The van der Waals surface area contributed by atoms with Crippen LogP contribution in [0, 0.1) is 35.5 Å². The summed E-state index contributed by atoms with van der Waals surface area (Å²) in [5.41, 5.74) is 0.687. The quantitative estimate of drug-likeness (QED) is 0.0859. The van der Waals surface area contributed by atoms with Crippen LogP contribution in [0.3, 0.4) is 0 Å². The molecule has 0 spiro atoms. The van der Waals surface area contributed by atoms with Gasteiger partial charge < -0.3 is 9.84 Å². The summed E-state index contributed by atoms with van der Waals surface area (Å²) in [6, 6.07) is 10.5. The number of hydrogen-bond acceptors (Lipinski definition) is 2. The highest BCUT2D eigenvalue weighted by Crippen LogP contribution is 2.33. The minimum Gasteiger partial charge on any atom is -0.390 e. The van der Waals surface area contributed by atoms with Crippen LogP contribution in [0.1, 0.15) is 189 Å². The number of ether oxygens (including phenoxy) is 1. The molecule has 1 N–H and O–H groups in total. The molecule has 0 saturated heterocycles. The zero-order valence-electron chi connectivity index (χ0n) is 31.8. The highest BCUT2D eigenvalue weighted by Gasteiger charge is 2.27. The van der Waals surface area contributed by atoms with Crippen molar-refractivity contribution in [2.24, 2.45) is 35.5 Å². The van der Waals surface area contributed by atoms with Crippen molar-refractivity contribution in [3.05, 3.63) is 35.9 Å². The van der Waals surface area contributed by atoms with Gasteiger partial charge in [0.2, 0.25) is 0 Å². The molecule has 0 saturated carbocycles. The summed E-state index contributed by atoms with van der Waals surface area (Å²) in [4.78, 5) is 0. The highest BCUT2D eigenvalue weighted by atomic mass is 16.5. The van der Waals surface area contributed by atoms with Crippen molar-refractivity contribution in [1.29, 1.82) is 0 Å². The van der Waals surface area contributed by atoms with Crippen LogP contribution in [0.4, 0.5) is 0 Å². The maximum absolute atomic E-state index is 12.1. The largest absolute Gasteiger partial charge is 0.390 e. The molecule has 0 fully saturated rings. The molecule has 0 aliphatic heterocycles. The Kier molecular flexibility index (Phi) is 24.5. The molecular formula is C43H80O2. The van der Waals surface area contributed by atoms with Crippen molar-refractivity contribution in [2.45, 2.75) is 196 Å². The van der Waals surface area contributed by atoms with E-state index in [4.69, 9.17) is 4.74 Å². The van der Waals surface area contributed by atoms with Crippen LogP contribution >= 0.6 is 0 Å². The Morgan fingerprint density at radius 2 is 0.844 bits per heavy atom. The zero-order chi connectivity index (χ0) is 33.3. The molecule has 0 aliphatic rings. The molecule has 0 aliphatic carbocycles. The Labute approximate surface area is 283 Å². The lowest BCUT2D eigenvalue weighted by Crippen LogP contribution is -2.29. The second-order valence-electron chi connectivity index (χ2n) is 16.7. The van der Waals surface area contributed by atoms with E-state index in [2.05, 4.69) is 85.7 Å². The van der Waals surface area contributed by atoms with Gasteiger partial charge in [0.25, 0.3) is 0 Å². The zero-order valence-corrected chi connectivity index (χ0v) is 31.8. The molecular weight excluding hydrogens is 548 g/mol. The van der Waals surface area contributed by atoms with Crippen LogP contribution in [0.15, 0.2) is 30.3 Å². The summed E-state index contributed by atoms with van der Waals surface area (Å²) in [7, 11) is 0. The fourth-order valence-electron chi connectivity index (χ4n) is 7.21. The molecule has 1 rings (SSSR count). The van der Waals surface area contributed by atoms with Gasteiger partial charge in [-0.25, -0.2) is 0 Å². The second kappa shape index (κ2) is 26.1. The first-order valence-corrected chi connectivity index (χ1v) is 19.8. The van der Waals surface area contributed by atoms with Gasteiger partial charge >= 0.3 is 0 Å². The van der Waals surface area contributed by atoms with Crippen molar-refractivity contribution < 1.29 is 9.84 Å². The minimum absolute atomic E-state index is 0.545. The van der Waals surface area contributed by atoms with Crippen LogP contribution < -0.4 is 0 Å². The maximum Gasteiger partial charge on any atom is 0.0716 e. The van der Waals surface area contributed by atoms with Gasteiger partial charge in [0, 0.05) is 6.61 Å². The van der Waals surface area contributed by atoms with Crippen molar-refractivity contribution in [1.82, 2.24) is 0 Å². The van der Waals surface area contributed by atoms with E-state index in [0.717, 1.165) is 67.8 Å². The van der Waals surface area contributed by atoms with E-state index in [1.165, 1.54) is 108 Å². The Balaban J connectivity index is 2.74. The molecule has 0 unspecified atom stereocenters. The first-order valence-electron chi connectivity index (χ1n) is 19.8. The van der Waals surface area contributed by atoms with Gasteiger partial charge in [-0.1, -0.05) is 188 Å². The highest BCUT2D eigenvalue weighted by molar-refractivity contribution is 5.13.